The average molecular weight is 333 g/mol. The van der Waals surface area contributed by atoms with E-state index in [1.165, 1.54) is 16.1 Å². The Kier molecular flexibility index (Phi) is 4.95. The lowest BCUT2D eigenvalue weighted by molar-refractivity contribution is -0.129. The molecular formula is C12H19N3O4S2. The fourth-order valence-corrected chi connectivity index (χ4v) is 4.51. The first-order valence-corrected chi connectivity index (χ1v) is 9.41. The standard InChI is InChI=1S/C12H19N3O4S2/c1-9-12(10(2)19-13-9)21(17,18)15-6-4-14(5-7-15)11(16)8-20-3/h4-8H2,1-3H3. The van der Waals surface area contributed by atoms with Crippen molar-refractivity contribution in [3.05, 3.63) is 11.5 Å². The highest BCUT2D eigenvalue weighted by Gasteiger charge is 2.33. The number of carbonyl (C=O) groups is 1. The van der Waals surface area contributed by atoms with Crippen LogP contribution in [0.1, 0.15) is 11.5 Å². The predicted octanol–water partition coefficient (Wildman–Crippen LogP) is 0.487. The normalized spacial score (nSPS) is 17.2. The molecule has 118 valence electrons. The maximum atomic E-state index is 12.6. The van der Waals surface area contributed by atoms with Crippen LogP contribution in [-0.2, 0) is 14.8 Å². The molecular weight excluding hydrogens is 314 g/mol. The second kappa shape index (κ2) is 6.37. The van der Waals surface area contributed by atoms with E-state index in [0.717, 1.165) is 0 Å². The molecule has 7 nitrogen and oxygen atoms in total. The molecule has 0 N–H and O–H groups in total. The smallest absolute Gasteiger partial charge is 0.248 e. The largest absolute Gasteiger partial charge is 0.360 e. The van der Waals surface area contributed by atoms with Crippen LogP contribution >= 0.6 is 11.8 Å². The lowest BCUT2D eigenvalue weighted by Crippen LogP contribution is -2.51. The maximum absolute atomic E-state index is 12.6. The Morgan fingerprint density at radius 1 is 1.29 bits per heavy atom. The highest BCUT2D eigenvalue weighted by atomic mass is 32.2. The van der Waals surface area contributed by atoms with Crippen molar-refractivity contribution in [2.75, 3.05) is 38.2 Å². The van der Waals surface area contributed by atoms with E-state index in [2.05, 4.69) is 5.16 Å². The topological polar surface area (TPSA) is 83.7 Å². The van der Waals surface area contributed by atoms with Crippen LogP contribution in [0.2, 0.25) is 0 Å². The van der Waals surface area contributed by atoms with E-state index in [1.807, 2.05) is 6.26 Å². The monoisotopic (exact) mass is 333 g/mol. The third-order valence-corrected chi connectivity index (χ3v) is 6.10. The third-order valence-electron chi connectivity index (χ3n) is 3.42. The second-order valence-corrected chi connectivity index (χ2v) is 7.61. The first-order valence-electron chi connectivity index (χ1n) is 6.57. The molecule has 0 atom stereocenters. The molecule has 0 radical (unpaired) electrons. The van der Waals surface area contributed by atoms with Crippen LogP contribution in [0, 0.1) is 13.8 Å². The summed E-state index contributed by atoms with van der Waals surface area (Å²) in [5.74, 6) is 0.779. The van der Waals surface area contributed by atoms with E-state index in [0.29, 0.717) is 43.4 Å². The Morgan fingerprint density at radius 3 is 2.38 bits per heavy atom. The van der Waals surface area contributed by atoms with E-state index in [4.69, 9.17) is 4.52 Å². The van der Waals surface area contributed by atoms with E-state index in [1.54, 1.807) is 18.7 Å². The molecule has 1 aromatic rings. The minimum absolute atomic E-state index is 0.0527. The Bertz CT molecular complexity index is 599. The van der Waals surface area contributed by atoms with Crippen LogP contribution in [0.5, 0.6) is 0 Å². The van der Waals surface area contributed by atoms with Crippen LogP contribution in [-0.4, -0.2) is 66.9 Å². The summed E-state index contributed by atoms with van der Waals surface area (Å²) in [5.41, 5.74) is 0.369. The highest BCUT2D eigenvalue weighted by Crippen LogP contribution is 2.24. The van der Waals surface area contributed by atoms with E-state index < -0.39 is 10.0 Å². The number of hydrogen-bond acceptors (Lipinski definition) is 6. The van der Waals surface area contributed by atoms with E-state index >= 15 is 0 Å². The molecule has 1 aromatic heterocycles. The summed E-state index contributed by atoms with van der Waals surface area (Å²) in [6.07, 6.45) is 1.87. The number of sulfonamides is 1. The van der Waals surface area contributed by atoms with Gasteiger partial charge in [-0.15, -0.1) is 0 Å². The van der Waals surface area contributed by atoms with Gasteiger partial charge in [-0.2, -0.15) is 16.1 Å². The number of hydrogen-bond donors (Lipinski definition) is 0. The van der Waals surface area contributed by atoms with Gasteiger partial charge in [-0.1, -0.05) is 5.16 Å². The number of aromatic nitrogens is 1. The van der Waals surface area contributed by atoms with Gasteiger partial charge in [-0.3, -0.25) is 4.79 Å². The number of amides is 1. The Balaban J connectivity index is 2.10. The van der Waals surface area contributed by atoms with Crippen LogP contribution in [0.15, 0.2) is 9.42 Å². The van der Waals surface area contributed by atoms with Gasteiger partial charge in [0.2, 0.25) is 15.9 Å². The fourth-order valence-electron chi connectivity index (χ4n) is 2.36. The lowest BCUT2D eigenvalue weighted by Gasteiger charge is -2.33. The summed E-state index contributed by atoms with van der Waals surface area (Å²) in [6, 6.07) is 0. The minimum atomic E-state index is -3.61. The Hall–Kier alpha value is -1.06. The lowest BCUT2D eigenvalue weighted by atomic mass is 10.3. The van der Waals surface area contributed by atoms with Gasteiger partial charge in [-0.05, 0) is 20.1 Å². The van der Waals surface area contributed by atoms with Crippen LogP contribution in [0.4, 0.5) is 0 Å². The number of aryl methyl sites for hydroxylation is 2. The highest BCUT2D eigenvalue weighted by molar-refractivity contribution is 7.99. The van der Waals surface area contributed by atoms with Crippen molar-refractivity contribution >= 4 is 27.7 Å². The molecule has 0 bridgehead atoms. The third kappa shape index (κ3) is 3.24. The summed E-state index contributed by atoms with van der Waals surface area (Å²) in [7, 11) is -3.61. The predicted molar refractivity (Wildman–Crippen MR) is 79.7 cm³/mol. The van der Waals surface area contributed by atoms with Gasteiger partial charge in [0.25, 0.3) is 0 Å². The number of carbonyl (C=O) groups excluding carboxylic acids is 1. The quantitative estimate of drug-likeness (QED) is 0.797. The molecule has 0 saturated carbocycles. The van der Waals surface area contributed by atoms with Gasteiger partial charge in [-0.25, -0.2) is 8.42 Å². The first-order chi connectivity index (χ1) is 9.87. The second-order valence-electron chi connectivity index (χ2n) is 4.87. The van der Waals surface area contributed by atoms with Gasteiger partial charge in [0.1, 0.15) is 10.6 Å². The van der Waals surface area contributed by atoms with Gasteiger partial charge in [0.15, 0.2) is 5.76 Å². The Morgan fingerprint density at radius 2 is 1.90 bits per heavy atom. The fraction of sp³-hybridized carbons (Fsp3) is 0.667. The summed E-state index contributed by atoms with van der Waals surface area (Å²) < 4.78 is 31.6. The average Bonchev–Trinajstić information content (AvgIpc) is 2.79. The SMILES string of the molecule is CSCC(=O)N1CCN(S(=O)(=O)c2c(C)noc2C)CC1. The molecule has 9 heteroatoms. The molecule has 2 rings (SSSR count). The van der Waals surface area contributed by atoms with Gasteiger partial charge < -0.3 is 9.42 Å². The van der Waals surface area contributed by atoms with E-state index in [-0.39, 0.29) is 10.8 Å². The van der Waals surface area contributed by atoms with Gasteiger partial charge in [0.05, 0.1) is 5.75 Å². The van der Waals surface area contributed by atoms with Gasteiger partial charge >= 0.3 is 0 Å². The van der Waals surface area contributed by atoms with Crippen molar-refractivity contribution in [2.24, 2.45) is 0 Å². The van der Waals surface area contributed by atoms with Crippen LogP contribution in [0.3, 0.4) is 0 Å². The van der Waals surface area contributed by atoms with Gasteiger partial charge in [0, 0.05) is 26.2 Å². The number of piperazine rings is 1. The zero-order valence-corrected chi connectivity index (χ0v) is 14.0. The molecule has 0 spiro atoms. The molecule has 1 aliphatic rings. The maximum Gasteiger partial charge on any atom is 0.248 e. The van der Waals surface area contributed by atoms with Crippen molar-refractivity contribution in [3.8, 4) is 0 Å². The molecule has 0 aromatic carbocycles. The minimum Gasteiger partial charge on any atom is -0.360 e. The number of rotatable bonds is 4. The summed E-state index contributed by atoms with van der Waals surface area (Å²) in [5, 5.41) is 3.70. The molecule has 21 heavy (non-hydrogen) atoms. The van der Waals surface area contributed by atoms with Crippen molar-refractivity contribution in [3.63, 3.8) is 0 Å². The van der Waals surface area contributed by atoms with Crippen molar-refractivity contribution < 1.29 is 17.7 Å². The van der Waals surface area contributed by atoms with Crippen LogP contribution in [0.25, 0.3) is 0 Å². The molecule has 0 aliphatic carbocycles. The van der Waals surface area contributed by atoms with Crippen molar-refractivity contribution in [1.82, 2.24) is 14.4 Å². The summed E-state index contributed by atoms with van der Waals surface area (Å²) in [4.78, 5) is 13.7. The zero-order valence-electron chi connectivity index (χ0n) is 12.3. The zero-order chi connectivity index (χ0) is 15.6. The molecule has 1 amide bonds. The van der Waals surface area contributed by atoms with E-state index in [9.17, 15) is 13.2 Å². The molecule has 0 unspecified atom stereocenters. The summed E-state index contributed by atoms with van der Waals surface area (Å²) in [6.45, 7) is 4.63. The first kappa shape index (κ1) is 16.3. The molecule has 1 saturated heterocycles. The summed E-state index contributed by atoms with van der Waals surface area (Å²) >= 11 is 1.47. The Labute approximate surface area is 128 Å². The number of thioether (sulfide) groups is 1. The molecule has 1 fully saturated rings. The van der Waals surface area contributed by atoms with Crippen molar-refractivity contribution in [1.29, 1.82) is 0 Å². The van der Waals surface area contributed by atoms with Crippen LogP contribution < -0.4 is 0 Å². The number of nitrogens with zero attached hydrogens (tertiary/aromatic N) is 3. The molecule has 1 aliphatic heterocycles. The van der Waals surface area contributed by atoms with Crippen molar-refractivity contribution in [2.45, 2.75) is 18.7 Å². The molecule has 2 heterocycles.